The fraction of sp³-hybridized carbons (Fsp3) is 0.267. The number of amides is 2. The van der Waals surface area contributed by atoms with E-state index in [9.17, 15) is 14.0 Å². The van der Waals surface area contributed by atoms with Gasteiger partial charge in [0.2, 0.25) is 5.91 Å². The Bertz CT molecular complexity index is 772. The molecular formula is C15H13FN4O2. The number of halogens is 1. The molecule has 2 saturated heterocycles. The molecule has 112 valence electrons. The van der Waals surface area contributed by atoms with Gasteiger partial charge in [-0.1, -0.05) is 12.1 Å². The van der Waals surface area contributed by atoms with Crippen LogP contribution in [0.1, 0.15) is 16.8 Å². The molecule has 1 aromatic heterocycles. The number of carbonyl (C=O) groups excluding carboxylic acids is 2. The number of aromatic nitrogens is 2. The Morgan fingerprint density at radius 2 is 2.27 bits per heavy atom. The van der Waals surface area contributed by atoms with Gasteiger partial charge in [-0.25, -0.2) is 4.39 Å². The number of aromatic amines is 1. The standard InChI is InChI=1S/C15H13FN4O2/c16-9-3-1-2-8(4-9)13-11(6-17-19-13)15(22)20-7-10-5-12(20)14(21)18-10/h1-4,6,10,12H,5,7H2,(H,17,19)(H,18,21)/t10-,12-/m0/s1. The van der Waals surface area contributed by atoms with E-state index in [1.807, 2.05) is 0 Å². The molecule has 2 N–H and O–H groups in total. The van der Waals surface area contributed by atoms with Gasteiger partial charge in [0, 0.05) is 18.2 Å². The van der Waals surface area contributed by atoms with Crippen molar-refractivity contribution in [2.75, 3.05) is 6.54 Å². The molecule has 2 aliphatic heterocycles. The van der Waals surface area contributed by atoms with Crippen LogP contribution in [0.5, 0.6) is 0 Å². The van der Waals surface area contributed by atoms with E-state index in [1.165, 1.54) is 18.3 Å². The summed E-state index contributed by atoms with van der Waals surface area (Å²) in [4.78, 5) is 26.0. The van der Waals surface area contributed by atoms with E-state index in [1.54, 1.807) is 17.0 Å². The van der Waals surface area contributed by atoms with E-state index in [0.717, 1.165) is 0 Å². The number of fused-ring (bicyclic) bond motifs is 2. The van der Waals surface area contributed by atoms with Crippen LogP contribution in [-0.4, -0.2) is 45.5 Å². The Morgan fingerprint density at radius 3 is 3.00 bits per heavy atom. The van der Waals surface area contributed by atoms with Crippen LogP contribution < -0.4 is 5.32 Å². The van der Waals surface area contributed by atoms with Gasteiger partial charge in [-0.2, -0.15) is 5.10 Å². The second kappa shape index (κ2) is 4.66. The number of likely N-dealkylation sites (tertiary alicyclic amines) is 1. The molecule has 2 bridgehead atoms. The maximum absolute atomic E-state index is 13.4. The molecule has 3 heterocycles. The fourth-order valence-electron chi connectivity index (χ4n) is 3.18. The van der Waals surface area contributed by atoms with Crippen molar-refractivity contribution in [2.45, 2.75) is 18.5 Å². The third kappa shape index (κ3) is 1.89. The van der Waals surface area contributed by atoms with Crippen LogP contribution in [-0.2, 0) is 4.79 Å². The topological polar surface area (TPSA) is 78.1 Å². The summed E-state index contributed by atoms with van der Waals surface area (Å²) in [7, 11) is 0. The number of piperazine rings is 1. The predicted molar refractivity (Wildman–Crippen MR) is 75.4 cm³/mol. The molecule has 1 aromatic carbocycles. The van der Waals surface area contributed by atoms with Crippen molar-refractivity contribution in [1.29, 1.82) is 0 Å². The number of hydrogen-bond donors (Lipinski definition) is 2. The van der Waals surface area contributed by atoms with Crippen LogP contribution in [0, 0.1) is 5.82 Å². The lowest BCUT2D eigenvalue weighted by Crippen LogP contribution is -2.50. The highest BCUT2D eigenvalue weighted by Gasteiger charge is 2.46. The Hall–Kier alpha value is -2.70. The maximum atomic E-state index is 13.4. The molecule has 0 unspecified atom stereocenters. The third-order valence-corrected chi connectivity index (χ3v) is 4.19. The summed E-state index contributed by atoms with van der Waals surface area (Å²) in [6.45, 7) is 0.503. The van der Waals surface area contributed by atoms with Crippen LogP contribution in [0.15, 0.2) is 30.5 Å². The molecule has 6 nitrogen and oxygen atoms in total. The number of carbonyl (C=O) groups is 2. The summed E-state index contributed by atoms with van der Waals surface area (Å²) >= 11 is 0. The molecule has 0 radical (unpaired) electrons. The van der Waals surface area contributed by atoms with E-state index in [0.29, 0.717) is 29.8 Å². The van der Waals surface area contributed by atoms with Gasteiger partial charge in [0.25, 0.3) is 5.91 Å². The highest BCUT2D eigenvalue weighted by atomic mass is 19.1. The van der Waals surface area contributed by atoms with Crippen molar-refractivity contribution >= 4 is 11.8 Å². The summed E-state index contributed by atoms with van der Waals surface area (Å²) in [6.07, 6.45) is 2.07. The molecule has 7 heteroatoms. The zero-order chi connectivity index (χ0) is 15.3. The largest absolute Gasteiger partial charge is 0.350 e. The van der Waals surface area contributed by atoms with Crippen molar-refractivity contribution in [1.82, 2.24) is 20.4 Å². The number of nitrogens with one attached hydrogen (secondary N) is 2. The van der Waals surface area contributed by atoms with Gasteiger partial charge in [-0.15, -0.1) is 0 Å². The first-order valence-corrected chi connectivity index (χ1v) is 7.04. The molecule has 2 fully saturated rings. The first-order chi connectivity index (χ1) is 10.6. The van der Waals surface area contributed by atoms with Gasteiger partial charge in [0.05, 0.1) is 17.5 Å². The van der Waals surface area contributed by atoms with E-state index in [2.05, 4.69) is 15.5 Å². The lowest BCUT2D eigenvalue weighted by molar-refractivity contribution is -0.124. The molecule has 2 aliphatic rings. The monoisotopic (exact) mass is 300 g/mol. The zero-order valence-corrected chi connectivity index (χ0v) is 11.5. The fourth-order valence-corrected chi connectivity index (χ4v) is 3.18. The normalized spacial score (nSPS) is 23.0. The highest BCUT2D eigenvalue weighted by Crippen LogP contribution is 2.29. The molecule has 2 amide bonds. The van der Waals surface area contributed by atoms with Crippen molar-refractivity contribution in [3.63, 3.8) is 0 Å². The van der Waals surface area contributed by atoms with Crippen molar-refractivity contribution in [3.8, 4) is 11.3 Å². The van der Waals surface area contributed by atoms with E-state index in [-0.39, 0.29) is 23.7 Å². The minimum absolute atomic E-state index is 0.0333. The van der Waals surface area contributed by atoms with E-state index < -0.39 is 6.04 Å². The van der Waals surface area contributed by atoms with Gasteiger partial charge in [-0.05, 0) is 18.6 Å². The minimum Gasteiger partial charge on any atom is -0.350 e. The van der Waals surface area contributed by atoms with Gasteiger partial charge in [0.1, 0.15) is 11.9 Å². The number of hydrogen-bond acceptors (Lipinski definition) is 3. The van der Waals surface area contributed by atoms with Crippen molar-refractivity contribution in [3.05, 3.63) is 41.8 Å². The third-order valence-electron chi connectivity index (χ3n) is 4.19. The molecular weight excluding hydrogens is 287 g/mol. The smallest absolute Gasteiger partial charge is 0.258 e. The molecule has 0 aliphatic carbocycles. The second-order valence-corrected chi connectivity index (χ2v) is 5.58. The Kier molecular flexibility index (Phi) is 2.75. The molecule has 2 atom stereocenters. The first-order valence-electron chi connectivity index (χ1n) is 7.04. The minimum atomic E-state index is -0.409. The summed E-state index contributed by atoms with van der Waals surface area (Å²) in [6, 6.07) is 5.58. The number of H-pyrrole nitrogens is 1. The summed E-state index contributed by atoms with van der Waals surface area (Å²) in [5, 5.41) is 9.48. The van der Waals surface area contributed by atoms with Crippen LogP contribution in [0.3, 0.4) is 0 Å². The zero-order valence-electron chi connectivity index (χ0n) is 11.5. The SMILES string of the molecule is O=C1N[C@H]2C[C@@H]1N(C(=O)c1cn[nH]c1-c1cccc(F)c1)C2. The van der Waals surface area contributed by atoms with E-state index >= 15 is 0 Å². The summed E-state index contributed by atoms with van der Waals surface area (Å²) in [5.41, 5.74) is 1.37. The van der Waals surface area contributed by atoms with E-state index in [4.69, 9.17) is 0 Å². The Labute approximate surface area is 125 Å². The van der Waals surface area contributed by atoms with Gasteiger partial charge in [0.15, 0.2) is 0 Å². The van der Waals surface area contributed by atoms with Gasteiger partial charge < -0.3 is 10.2 Å². The number of benzene rings is 1. The quantitative estimate of drug-likeness (QED) is 0.866. The Balaban J connectivity index is 1.68. The maximum Gasteiger partial charge on any atom is 0.258 e. The first kappa shape index (κ1) is 13.0. The Morgan fingerprint density at radius 1 is 1.41 bits per heavy atom. The summed E-state index contributed by atoms with van der Waals surface area (Å²) in [5.74, 6) is -0.749. The van der Waals surface area contributed by atoms with Crippen LogP contribution in [0.4, 0.5) is 4.39 Å². The molecule has 22 heavy (non-hydrogen) atoms. The van der Waals surface area contributed by atoms with Crippen LogP contribution in [0.25, 0.3) is 11.3 Å². The molecule has 0 spiro atoms. The number of rotatable bonds is 2. The van der Waals surface area contributed by atoms with Crippen molar-refractivity contribution in [2.24, 2.45) is 0 Å². The second-order valence-electron chi connectivity index (χ2n) is 5.58. The van der Waals surface area contributed by atoms with Gasteiger partial charge >= 0.3 is 0 Å². The number of nitrogens with zero attached hydrogens (tertiary/aromatic N) is 2. The van der Waals surface area contributed by atoms with Crippen LogP contribution >= 0.6 is 0 Å². The van der Waals surface area contributed by atoms with Crippen molar-refractivity contribution < 1.29 is 14.0 Å². The average molecular weight is 300 g/mol. The predicted octanol–water partition coefficient (Wildman–Crippen LogP) is 0.929. The summed E-state index contributed by atoms with van der Waals surface area (Å²) < 4.78 is 13.4. The average Bonchev–Trinajstić information content (AvgIpc) is 3.20. The van der Waals surface area contributed by atoms with Crippen LogP contribution in [0.2, 0.25) is 0 Å². The molecule has 4 rings (SSSR count). The van der Waals surface area contributed by atoms with Gasteiger partial charge in [-0.3, -0.25) is 14.7 Å². The highest BCUT2D eigenvalue weighted by molar-refractivity contribution is 6.03. The molecule has 0 saturated carbocycles. The molecule has 2 aromatic rings. The lowest BCUT2D eigenvalue weighted by Gasteiger charge is -2.26. The lowest BCUT2D eigenvalue weighted by atomic mass is 10.1.